The van der Waals surface area contributed by atoms with E-state index >= 15 is 0 Å². The molecule has 3 aromatic carbocycles. The van der Waals surface area contributed by atoms with Gasteiger partial charge in [-0.05, 0) is 60.5 Å². The molecule has 0 bridgehead atoms. The molecule has 0 aliphatic carbocycles. The molecule has 0 unspecified atom stereocenters. The van der Waals surface area contributed by atoms with E-state index in [1.807, 2.05) is 49.4 Å². The molecule has 1 saturated heterocycles. The summed E-state index contributed by atoms with van der Waals surface area (Å²) in [5.74, 6) is -0.144. The standard InChI is InChI=1S/C37H43N5O6/c1-25-30(7-6-8-31(25)40-34(43)26-9-13-28(14-10-26)37(2,3)24-48-22-21-46-5)32-23-41(4)36(45)33(39-32)38-29-15-11-27(12-16-29)35(44)42-17-19-47-20-18-42/h6-16,23H,17-22,24H2,1-5H3,(H,38,39)(H,40,43). The summed E-state index contributed by atoms with van der Waals surface area (Å²) in [5.41, 5.74) is 5.03. The van der Waals surface area contributed by atoms with Crippen molar-refractivity contribution in [1.82, 2.24) is 14.5 Å². The van der Waals surface area contributed by atoms with E-state index in [0.29, 0.717) is 74.3 Å². The molecule has 2 N–H and O–H groups in total. The first-order valence-corrected chi connectivity index (χ1v) is 16.0. The molecule has 1 aliphatic rings. The zero-order valence-corrected chi connectivity index (χ0v) is 28.2. The minimum Gasteiger partial charge on any atom is -0.382 e. The molecule has 1 aromatic heterocycles. The Morgan fingerprint density at radius 2 is 1.65 bits per heavy atom. The van der Waals surface area contributed by atoms with Crippen molar-refractivity contribution < 1.29 is 23.8 Å². The minimum atomic E-state index is -0.303. The zero-order valence-electron chi connectivity index (χ0n) is 28.2. The molecular formula is C37H43N5O6. The number of benzene rings is 3. The summed E-state index contributed by atoms with van der Waals surface area (Å²) < 4.78 is 17.6. The van der Waals surface area contributed by atoms with Gasteiger partial charge in [-0.15, -0.1) is 0 Å². The van der Waals surface area contributed by atoms with Crippen LogP contribution >= 0.6 is 0 Å². The number of aryl methyl sites for hydroxylation is 1. The SMILES string of the molecule is COCCOCC(C)(C)c1ccc(C(=O)Nc2cccc(-c3cn(C)c(=O)c(Nc4ccc(C(=O)N5CCOCC5)cc4)n3)c2C)cc1. The summed E-state index contributed by atoms with van der Waals surface area (Å²) in [6.07, 6.45) is 1.67. The van der Waals surface area contributed by atoms with Crippen molar-refractivity contribution >= 4 is 29.0 Å². The molecular weight excluding hydrogens is 610 g/mol. The zero-order chi connectivity index (χ0) is 34.3. The molecule has 5 rings (SSSR count). The average molecular weight is 654 g/mol. The number of methoxy groups -OCH3 is 1. The molecule has 0 radical (unpaired) electrons. The Morgan fingerprint density at radius 1 is 0.958 bits per heavy atom. The molecule has 1 fully saturated rings. The van der Waals surface area contributed by atoms with Crippen molar-refractivity contribution in [2.24, 2.45) is 7.05 Å². The van der Waals surface area contributed by atoms with Crippen LogP contribution in [0.25, 0.3) is 11.3 Å². The Kier molecular flexibility index (Phi) is 11.0. The van der Waals surface area contributed by atoms with Crippen LogP contribution in [-0.2, 0) is 26.7 Å². The summed E-state index contributed by atoms with van der Waals surface area (Å²) in [6.45, 7) is 9.90. The molecule has 0 saturated carbocycles. The molecule has 2 amide bonds. The Labute approximate surface area is 280 Å². The van der Waals surface area contributed by atoms with Crippen molar-refractivity contribution in [3.63, 3.8) is 0 Å². The number of rotatable bonds is 12. The van der Waals surface area contributed by atoms with Gasteiger partial charge in [0.1, 0.15) is 0 Å². The Bertz CT molecular complexity index is 1790. The van der Waals surface area contributed by atoms with Gasteiger partial charge in [0.25, 0.3) is 17.4 Å². The van der Waals surface area contributed by atoms with Gasteiger partial charge in [-0.2, -0.15) is 0 Å². The number of carbonyl (C=O) groups excluding carboxylic acids is 2. The van der Waals surface area contributed by atoms with Crippen LogP contribution in [0.2, 0.25) is 0 Å². The molecule has 0 spiro atoms. The van der Waals surface area contributed by atoms with Crippen molar-refractivity contribution in [2.75, 3.05) is 63.9 Å². The summed E-state index contributed by atoms with van der Waals surface area (Å²) in [6, 6.07) is 20.1. The van der Waals surface area contributed by atoms with Gasteiger partial charge in [0.05, 0.1) is 38.7 Å². The highest BCUT2D eigenvalue weighted by atomic mass is 16.5. The predicted octanol–water partition coefficient (Wildman–Crippen LogP) is 5.16. The molecule has 2 heterocycles. The third-order valence-electron chi connectivity index (χ3n) is 8.45. The van der Waals surface area contributed by atoms with E-state index < -0.39 is 0 Å². The number of hydrogen-bond donors (Lipinski definition) is 2. The fourth-order valence-electron chi connectivity index (χ4n) is 5.47. The van der Waals surface area contributed by atoms with Crippen LogP contribution in [0.5, 0.6) is 0 Å². The molecule has 4 aromatic rings. The third-order valence-corrected chi connectivity index (χ3v) is 8.45. The fraction of sp³-hybridized carbons (Fsp3) is 0.351. The lowest BCUT2D eigenvalue weighted by Crippen LogP contribution is -2.40. The second-order valence-electron chi connectivity index (χ2n) is 12.4. The lowest BCUT2D eigenvalue weighted by Gasteiger charge is -2.26. The third kappa shape index (κ3) is 8.17. The van der Waals surface area contributed by atoms with E-state index in [4.69, 9.17) is 14.2 Å². The number of amides is 2. The number of aromatic nitrogens is 2. The molecule has 11 nitrogen and oxygen atoms in total. The van der Waals surface area contributed by atoms with E-state index in [1.54, 1.807) is 49.5 Å². The largest absolute Gasteiger partial charge is 0.382 e. The Hall–Kier alpha value is -4.84. The topological polar surface area (TPSA) is 124 Å². The van der Waals surface area contributed by atoms with Crippen molar-refractivity contribution in [3.05, 3.63) is 106 Å². The summed E-state index contributed by atoms with van der Waals surface area (Å²) >= 11 is 0. The predicted molar refractivity (Wildman–Crippen MR) is 186 cm³/mol. The maximum atomic E-state index is 13.3. The lowest BCUT2D eigenvalue weighted by atomic mass is 9.85. The first-order valence-electron chi connectivity index (χ1n) is 16.0. The number of morpholine rings is 1. The van der Waals surface area contributed by atoms with Gasteiger partial charge < -0.3 is 34.3 Å². The van der Waals surface area contributed by atoms with Crippen LogP contribution in [-0.4, -0.2) is 79.5 Å². The maximum absolute atomic E-state index is 13.3. The van der Waals surface area contributed by atoms with Gasteiger partial charge in [0.2, 0.25) is 0 Å². The second kappa shape index (κ2) is 15.4. The van der Waals surface area contributed by atoms with E-state index in [9.17, 15) is 14.4 Å². The minimum absolute atomic E-state index is 0.0520. The van der Waals surface area contributed by atoms with Crippen LogP contribution < -0.4 is 16.2 Å². The fourth-order valence-corrected chi connectivity index (χ4v) is 5.47. The van der Waals surface area contributed by atoms with Crippen molar-refractivity contribution in [2.45, 2.75) is 26.2 Å². The van der Waals surface area contributed by atoms with E-state index in [1.165, 1.54) is 4.57 Å². The smallest absolute Gasteiger partial charge is 0.293 e. The summed E-state index contributed by atoms with van der Waals surface area (Å²) in [4.78, 5) is 45.6. The highest BCUT2D eigenvalue weighted by molar-refractivity contribution is 6.05. The Balaban J connectivity index is 1.30. The second-order valence-corrected chi connectivity index (χ2v) is 12.4. The van der Waals surface area contributed by atoms with Gasteiger partial charge >= 0.3 is 0 Å². The summed E-state index contributed by atoms with van der Waals surface area (Å²) in [5, 5.41) is 6.15. The molecule has 1 aliphatic heterocycles. The average Bonchev–Trinajstić information content (AvgIpc) is 3.10. The van der Waals surface area contributed by atoms with Gasteiger partial charge in [0, 0.05) is 66.9 Å². The monoisotopic (exact) mass is 653 g/mol. The van der Waals surface area contributed by atoms with E-state index in [-0.39, 0.29) is 28.6 Å². The van der Waals surface area contributed by atoms with Gasteiger partial charge in [0.15, 0.2) is 5.82 Å². The molecule has 0 atom stereocenters. The van der Waals surface area contributed by atoms with Crippen molar-refractivity contribution in [3.8, 4) is 11.3 Å². The highest BCUT2D eigenvalue weighted by Gasteiger charge is 2.22. The van der Waals surface area contributed by atoms with Gasteiger partial charge in [-0.3, -0.25) is 14.4 Å². The van der Waals surface area contributed by atoms with E-state index in [0.717, 1.165) is 16.7 Å². The number of carbonyl (C=O) groups is 2. The normalized spacial score (nSPS) is 13.3. The van der Waals surface area contributed by atoms with Crippen molar-refractivity contribution in [1.29, 1.82) is 0 Å². The number of nitrogens with one attached hydrogen (secondary N) is 2. The van der Waals surface area contributed by atoms with Crippen LogP contribution in [0, 0.1) is 6.92 Å². The molecule has 48 heavy (non-hydrogen) atoms. The number of ether oxygens (including phenoxy) is 3. The maximum Gasteiger partial charge on any atom is 0.293 e. The number of nitrogens with zero attached hydrogens (tertiary/aromatic N) is 3. The van der Waals surface area contributed by atoms with E-state index in [2.05, 4.69) is 29.5 Å². The number of anilines is 3. The van der Waals surface area contributed by atoms with Crippen LogP contribution in [0.15, 0.2) is 77.7 Å². The van der Waals surface area contributed by atoms with Crippen LogP contribution in [0.3, 0.4) is 0 Å². The number of hydrogen-bond acceptors (Lipinski definition) is 8. The summed E-state index contributed by atoms with van der Waals surface area (Å²) in [7, 11) is 3.31. The van der Waals surface area contributed by atoms with Crippen LogP contribution in [0.4, 0.5) is 17.2 Å². The first kappa shape index (κ1) is 34.5. The van der Waals surface area contributed by atoms with Gasteiger partial charge in [-0.25, -0.2) is 4.98 Å². The van der Waals surface area contributed by atoms with Crippen LogP contribution in [0.1, 0.15) is 45.7 Å². The quantitative estimate of drug-likeness (QED) is 0.201. The lowest BCUT2D eigenvalue weighted by molar-refractivity contribution is 0.0303. The van der Waals surface area contributed by atoms with Gasteiger partial charge in [-0.1, -0.05) is 38.1 Å². The Morgan fingerprint density at radius 3 is 2.33 bits per heavy atom. The molecule has 252 valence electrons. The molecule has 11 heteroatoms. The highest BCUT2D eigenvalue weighted by Crippen LogP contribution is 2.29. The first-order chi connectivity index (χ1) is 23.1.